The fraction of sp³-hybridized carbons (Fsp3) is 0.419. The largest absolute Gasteiger partial charge is 0.504 e. The number of amides is 1. The van der Waals surface area contributed by atoms with Crippen molar-refractivity contribution in [3.63, 3.8) is 0 Å². The van der Waals surface area contributed by atoms with Gasteiger partial charge in [-0.2, -0.15) is 0 Å². The van der Waals surface area contributed by atoms with Crippen molar-refractivity contribution >= 4 is 6.09 Å². The van der Waals surface area contributed by atoms with Crippen molar-refractivity contribution in [1.29, 1.82) is 0 Å². The molecule has 7 rings (SSSR count). The average molecular weight is 739 g/mol. The van der Waals surface area contributed by atoms with E-state index in [-0.39, 0.29) is 38.2 Å². The van der Waals surface area contributed by atoms with Crippen LogP contribution < -0.4 is 24.3 Å². The van der Waals surface area contributed by atoms with Crippen molar-refractivity contribution in [2.24, 2.45) is 0 Å². The number of carbonyl (C=O) groups is 1. The quantitative estimate of drug-likeness (QED) is 0.157. The molecule has 11 heteroatoms. The van der Waals surface area contributed by atoms with Crippen LogP contribution in [-0.2, 0) is 35.5 Å². The van der Waals surface area contributed by atoms with E-state index >= 15 is 0 Å². The van der Waals surface area contributed by atoms with Crippen LogP contribution in [0.2, 0.25) is 0 Å². The number of hydrogen-bond acceptors (Lipinski definition) is 10. The number of fused-ring (bicyclic) bond motifs is 4. The summed E-state index contributed by atoms with van der Waals surface area (Å²) in [6, 6.07) is 19.4. The van der Waals surface area contributed by atoms with Gasteiger partial charge >= 0.3 is 6.09 Å². The minimum absolute atomic E-state index is 0.00405. The summed E-state index contributed by atoms with van der Waals surface area (Å²) in [6.07, 6.45) is 0.207. The Kier molecular flexibility index (Phi) is 10.7. The van der Waals surface area contributed by atoms with Crippen LogP contribution in [0.3, 0.4) is 0 Å². The third-order valence-corrected chi connectivity index (χ3v) is 10.4. The third-order valence-electron chi connectivity index (χ3n) is 10.4. The molecule has 11 nitrogen and oxygen atoms in total. The molecule has 4 atom stereocenters. The molecular weight excluding hydrogens is 688 g/mol. The lowest BCUT2D eigenvalue weighted by Crippen LogP contribution is -2.58. The third kappa shape index (κ3) is 7.28. The Balaban J connectivity index is 1.43. The van der Waals surface area contributed by atoms with E-state index in [4.69, 9.17) is 28.4 Å². The molecular formula is C43H50N2O9. The number of nitrogens with one attached hydrogen (secondary N) is 1. The highest BCUT2D eigenvalue weighted by atomic mass is 16.7. The van der Waals surface area contributed by atoms with Crippen LogP contribution in [0.4, 0.5) is 4.79 Å². The van der Waals surface area contributed by atoms with Crippen LogP contribution >= 0.6 is 0 Å². The molecule has 0 saturated carbocycles. The highest BCUT2D eigenvalue weighted by molar-refractivity contribution is 5.74. The summed E-state index contributed by atoms with van der Waals surface area (Å²) >= 11 is 0. The maximum absolute atomic E-state index is 14.8. The van der Waals surface area contributed by atoms with Gasteiger partial charge in [-0.3, -0.25) is 4.90 Å². The molecule has 0 radical (unpaired) electrons. The van der Waals surface area contributed by atoms with Crippen LogP contribution in [-0.4, -0.2) is 66.0 Å². The average Bonchev–Trinajstić information content (AvgIpc) is 3.64. The Hall–Kier alpha value is -4.97. The molecule has 3 N–H and O–H groups in total. The van der Waals surface area contributed by atoms with Gasteiger partial charge < -0.3 is 44.0 Å². The summed E-state index contributed by atoms with van der Waals surface area (Å²) in [5.74, 6) is 2.10. The first-order valence-corrected chi connectivity index (χ1v) is 18.5. The molecule has 0 fully saturated rings. The summed E-state index contributed by atoms with van der Waals surface area (Å²) < 4.78 is 37.4. The zero-order valence-electron chi connectivity index (χ0n) is 31.8. The number of benzene rings is 4. The molecule has 1 amide bonds. The lowest BCUT2D eigenvalue weighted by Gasteiger charge is -2.49. The maximum Gasteiger partial charge on any atom is 0.411 e. The Labute approximate surface area is 316 Å². The highest BCUT2D eigenvalue weighted by Gasteiger charge is 2.50. The summed E-state index contributed by atoms with van der Waals surface area (Å²) in [6.45, 7) is 9.90. The van der Waals surface area contributed by atoms with E-state index in [1.165, 1.54) is 7.11 Å². The van der Waals surface area contributed by atoms with E-state index in [0.29, 0.717) is 48.2 Å². The first-order chi connectivity index (χ1) is 26.0. The number of aliphatic hydroxyl groups excluding tert-OH is 1. The van der Waals surface area contributed by atoms with Crippen molar-refractivity contribution < 1.29 is 43.4 Å². The Morgan fingerprint density at radius 3 is 2.24 bits per heavy atom. The Bertz CT molecular complexity index is 1980. The van der Waals surface area contributed by atoms with E-state index in [9.17, 15) is 15.0 Å². The molecule has 3 unspecified atom stereocenters. The molecule has 0 aliphatic carbocycles. The van der Waals surface area contributed by atoms with E-state index in [1.54, 1.807) is 4.90 Å². The van der Waals surface area contributed by atoms with Crippen LogP contribution in [0.15, 0.2) is 66.7 Å². The second-order valence-corrected chi connectivity index (χ2v) is 15.2. The molecule has 0 spiro atoms. The van der Waals surface area contributed by atoms with Gasteiger partial charge in [0.2, 0.25) is 6.79 Å². The molecule has 54 heavy (non-hydrogen) atoms. The number of aryl methyl sites for hydroxylation is 1. The van der Waals surface area contributed by atoms with E-state index < -0.39 is 29.8 Å². The van der Waals surface area contributed by atoms with Gasteiger partial charge in [0.05, 0.1) is 45.1 Å². The van der Waals surface area contributed by atoms with E-state index in [1.807, 2.05) is 101 Å². The number of methoxy groups -OCH3 is 1. The first kappa shape index (κ1) is 37.3. The van der Waals surface area contributed by atoms with Gasteiger partial charge in [0.25, 0.3) is 0 Å². The second-order valence-electron chi connectivity index (χ2n) is 15.2. The molecule has 0 aromatic heterocycles. The number of ether oxygens (including phenoxy) is 6. The van der Waals surface area contributed by atoms with Gasteiger partial charge in [-0.05, 0) is 69.7 Å². The van der Waals surface area contributed by atoms with Crippen LogP contribution in [0.25, 0.3) is 0 Å². The number of carbonyl (C=O) groups excluding carboxylic acids is 1. The number of phenols is 1. The number of aliphatic hydroxyl groups is 1. The normalized spacial score (nSPS) is 20.2. The number of phenolic OH excluding ortho intramolecular Hbond substituents is 1. The number of rotatable bonds is 10. The zero-order chi connectivity index (χ0) is 38.1. The molecule has 286 valence electrons. The van der Waals surface area contributed by atoms with Gasteiger partial charge in [-0.25, -0.2) is 4.79 Å². The molecule has 0 saturated heterocycles. The van der Waals surface area contributed by atoms with E-state index in [2.05, 4.69) is 5.32 Å². The fourth-order valence-corrected chi connectivity index (χ4v) is 8.11. The minimum Gasteiger partial charge on any atom is -0.504 e. The van der Waals surface area contributed by atoms with Gasteiger partial charge in [-0.15, -0.1) is 0 Å². The fourth-order valence-electron chi connectivity index (χ4n) is 8.11. The van der Waals surface area contributed by atoms with Gasteiger partial charge in [0.1, 0.15) is 18.0 Å². The van der Waals surface area contributed by atoms with Crippen LogP contribution in [0.1, 0.15) is 77.4 Å². The van der Waals surface area contributed by atoms with Crippen LogP contribution in [0, 0.1) is 13.8 Å². The standard InChI is InChI=1S/C43H50N2O9/c1-25-17-29-18-30(20-46)44-36(34(29)37(47)38(25)49-6)32-19-31-35(41-40(52-24-53-41)26(2)39(31)51-22-28-15-11-8-12-16-28)33(45(32)42(48)54-43(3,4)5)23-50-21-27-13-9-7-10-14-27/h7-17,30,32-33,36,44,46-47H,18-24H2,1-6H3/t30-,32?,33?,36?/m0/s1. The van der Waals surface area contributed by atoms with Crippen molar-refractivity contribution in [3.8, 4) is 28.7 Å². The first-order valence-electron chi connectivity index (χ1n) is 18.5. The zero-order valence-corrected chi connectivity index (χ0v) is 31.8. The molecule has 4 aromatic rings. The SMILES string of the molecule is COc1c(C)cc2c(c1O)C(C1Cc3c(OCc4ccccc4)c(C)c4c(c3C(COCc3ccccc3)N1C(=O)OC(C)(C)C)OCO4)N[C@H](CO)C2. The number of hydrogen-bond donors (Lipinski definition) is 3. The van der Waals surface area contributed by atoms with Gasteiger partial charge in [-0.1, -0.05) is 66.7 Å². The van der Waals surface area contributed by atoms with Crippen molar-refractivity contribution in [2.45, 2.75) is 90.4 Å². The molecule has 0 bridgehead atoms. The predicted molar refractivity (Wildman–Crippen MR) is 202 cm³/mol. The number of aromatic hydroxyl groups is 1. The van der Waals surface area contributed by atoms with Crippen LogP contribution in [0.5, 0.6) is 28.7 Å². The van der Waals surface area contributed by atoms with Gasteiger partial charge in [0.15, 0.2) is 23.0 Å². The Morgan fingerprint density at radius 1 is 0.926 bits per heavy atom. The predicted octanol–water partition coefficient (Wildman–Crippen LogP) is 6.99. The summed E-state index contributed by atoms with van der Waals surface area (Å²) in [5.41, 5.74) is 5.76. The second kappa shape index (κ2) is 15.4. The lowest BCUT2D eigenvalue weighted by atomic mass is 9.78. The maximum atomic E-state index is 14.8. The minimum atomic E-state index is -0.829. The topological polar surface area (TPSA) is 128 Å². The summed E-state index contributed by atoms with van der Waals surface area (Å²) in [7, 11) is 1.53. The summed E-state index contributed by atoms with van der Waals surface area (Å²) in [5, 5.41) is 26.1. The van der Waals surface area contributed by atoms with Gasteiger partial charge in [0, 0.05) is 28.3 Å². The molecule has 3 aliphatic rings. The highest BCUT2D eigenvalue weighted by Crippen LogP contribution is 2.55. The molecule has 3 aliphatic heterocycles. The van der Waals surface area contributed by atoms with E-state index in [0.717, 1.165) is 38.9 Å². The number of nitrogens with zero attached hydrogens (tertiary/aromatic N) is 1. The summed E-state index contributed by atoms with van der Waals surface area (Å²) in [4.78, 5) is 16.5. The smallest absolute Gasteiger partial charge is 0.411 e. The van der Waals surface area contributed by atoms with Crippen molar-refractivity contribution in [3.05, 3.63) is 111 Å². The molecule has 3 heterocycles. The lowest BCUT2D eigenvalue weighted by molar-refractivity contribution is -0.0269. The Morgan fingerprint density at radius 2 is 1.59 bits per heavy atom. The monoisotopic (exact) mass is 738 g/mol. The van der Waals surface area contributed by atoms with Crippen molar-refractivity contribution in [1.82, 2.24) is 10.2 Å². The molecule has 4 aromatic carbocycles. The van der Waals surface area contributed by atoms with Crippen molar-refractivity contribution in [2.75, 3.05) is 27.1 Å².